The molecule has 0 spiro atoms. The van der Waals surface area contributed by atoms with Crippen LogP contribution in [0.25, 0.3) is 0 Å². The van der Waals surface area contributed by atoms with E-state index in [1.165, 1.54) is 5.69 Å². The van der Waals surface area contributed by atoms with Gasteiger partial charge in [-0.2, -0.15) is 0 Å². The van der Waals surface area contributed by atoms with Crippen LogP contribution < -0.4 is 0 Å². The molecule has 1 aromatic heterocycles. The molecule has 50 valence electrons. The van der Waals surface area contributed by atoms with Crippen LogP contribution in [0.1, 0.15) is 18.3 Å². The quantitative estimate of drug-likeness (QED) is 0.555. The standard InChI is InChI=1S/C7H12N2/c1-4-9-5-8-6(2)7(9)3/h5H,4H2,1-3H3. The second kappa shape index (κ2) is 2.21. The highest BCUT2D eigenvalue weighted by atomic mass is 15.0. The Kier molecular flexibility index (Phi) is 1.56. The predicted octanol–water partition coefficient (Wildman–Crippen LogP) is 1.52. The van der Waals surface area contributed by atoms with Crippen molar-refractivity contribution in [3.63, 3.8) is 0 Å². The molecule has 0 fully saturated rings. The van der Waals surface area contributed by atoms with Crippen molar-refractivity contribution in [2.45, 2.75) is 27.3 Å². The van der Waals surface area contributed by atoms with Crippen LogP contribution in [-0.2, 0) is 6.54 Å². The van der Waals surface area contributed by atoms with Gasteiger partial charge in [0.25, 0.3) is 0 Å². The van der Waals surface area contributed by atoms with Gasteiger partial charge in [0.2, 0.25) is 0 Å². The van der Waals surface area contributed by atoms with Crippen molar-refractivity contribution in [3.05, 3.63) is 17.7 Å². The van der Waals surface area contributed by atoms with Gasteiger partial charge >= 0.3 is 0 Å². The monoisotopic (exact) mass is 124 g/mol. The SMILES string of the molecule is CCn1cnc(C)c1C. The molecule has 0 saturated heterocycles. The summed E-state index contributed by atoms with van der Waals surface area (Å²) in [5, 5.41) is 0. The molecular weight excluding hydrogens is 112 g/mol. The zero-order valence-corrected chi connectivity index (χ0v) is 6.18. The highest BCUT2D eigenvalue weighted by Gasteiger charge is 1.96. The summed E-state index contributed by atoms with van der Waals surface area (Å²) in [5.74, 6) is 0. The summed E-state index contributed by atoms with van der Waals surface area (Å²) < 4.78 is 2.13. The van der Waals surface area contributed by atoms with Gasteiger partial charge in [0.05, 0.1) is 12.0 Å². The Hall–Kier alpha value is -0.790. The van der Waals surface area contributed by atoms with E-state index in [2.05, 4.69) is 23.4 Å². The van der Waals surface area contributed by atoms with Gasteiger partial charge in [-0.3, -0.25) is 0 Å². The first-order valence-corrected chi connectivity index (χ1v) is 3.24. The van der Waals surface area contributed by atoms with Crippen molar-refractivity contribution in [3.8, 4) is 0 Å². The fourth-order valence-electron chi connectivity index (χ4n) is 0.863. The van der Waals surface area contributed by atoms with E-state index >= 15 is 0 Å². The maximum absolute atomic E-state index is 4.15. The largest absolute Gasteiger partial charge is 0.335 e. The molecule has 0 radical (unpaired) electrons. The van der Waals surface area contributed by atoms with Crippen molar-refractivity contribution in [2.75, 3.05) is 0 Å². The third-order valence-corrected chi connectivity index (χ3v) is 1.69. The molecular formula is C7H12N2. The van der Waals surface area contributed by atoms with E-state index in [1.54, 1.807) is 0 Å². The highest BCUT2D eigenvalue weighted by Crippen LogP contribution is 2.02. The summed E-state index contributed by atoms with van der Waals surface area (Å²) in [5.41, 5.74) is 2.41. The van der Waals surface area contributed by atoms with Crippen molar-refractivity contribution >= 4 is 0 Å². The average molecular weight is 124 g/mol. The molecule has 2 heteroatoms. The lowest BCUT2D eigenvalue weighted by Crippen LogP contribution is -1.93. The van der Waals surface area contributed by atoms with Crippen LogP contribution in [-0.4, -0.2) is 9.55 Å². The van der Waals surface area contributed by atoms with Crippen molar-refractivity contribution < 1.29 is 0 Å². The molecule has 0 amide bonds. The van der Waals surface area contributed by atoms with E-state index in [1.807, 2.05) is 13.3 Å². The molecule has 9 heavy (non-hydrogen) atoms. The van der Waals surface area contributed by atoms with Gasteiger partial charge in [-0.25, -0.2) is 4.98 Å². The molecule has 1 aromatic rings. The molecule has 0 saturated carbocycles. The fourth-order valence-corrected chi connectivity index (χ4v) is 0.863. The van der Waals surface area contributed by atoms with Crippen LogP contribution in [0.4, 0.5) is 0 Å². The third-order valence-electron chi connectivity index (χ3n) is 1.69. The third kappa shape index (κ3) is 0.969. The van der Waals surface area contributed by atoms with E-state index < -0.39 is 0 Å². The Morgan fingerprint density at radius 2 is 2.22 bits per heavy atom. The van der Waals surface area contributed by atoms with E-state index in [-0.39, 0.29) is 0 Å². The van der Waals surface area contributed by atoms with Crippen LogP contribution in [0, 0.1) is 13.8 Å². The number of aromatic nitrogens is 2. The van der Waals surface area contributed by atoms with Crippen LogP contribution >= 0.6 is 0 Å². The first kappa shape index (κ1) is 6.33. The first-order chi connectivity index (χ1) is 4.25. The number of aryl methyl sites for hydroxylation is 2. The second-order valence-electron chi connectivity index (χ2n) is 2.20. The second-order valence-corrected chi connectivity index (χ2v) is 2.20. The Morgan fingerprint density at radius 1 is 1.56 bits per heavy atom. The van der Waals surface area contributed by atoms with Crippen LogP contribution in [0.15, 0.2) is 6.33 Å². The van der Waals surface area contributed by atoms with Gasteiger partial charge < -0.3 is 4.57 Å². The minimum Gasteiger partial charge on any atom is -0.335 e. The summed E-state index contributed by atoms with van der Waals surface area (Å²) in [7, 11) is 0. The van der Waals surface area contributed by atoms with Gasteiger partial charge in [-0.05, 0) is 20.8 Å². The molecule has 0 aliphatic carbocycles. The normalized spacial score (nSPS) is 10.1. The van der Waals surface area contributed by atoms with Crippen LogP contribution in [0.2, 0.25) is 0 Å². The number of imidazole rings is 1. The van der Waals surface area contributed by atoms with E-state index in [0.717, 1.165) is 12.2 Å². The van der Waals surface area contributed by atoms with Gasteiger partial charge in [-0.15, -0.1) is 0 Å². The Labute approximate surface area is 55.5 Å². The summed E-state index contributed by atoms with van der Waals surface area (Å²) in [6.07, 6.45) is 1.88. The predicted molar refractivity (Wildman–Crippen MR) is 37.4 cm³/mol. The number of nitrogens with zero attached hydrogens (tertiary/aromatic N) is 2. The smallest absolute Gasteiger partial charge is 0.0951 e. The molecule has 0 N–H and O–H groups in total. The molecule has 1 heterocycles. The molecule has 0 unspecified atom stereocenters. The van der Waals surface area contributed by atoms with E-state index in [9.17, 15) is 0 Å². The zero-order valence-electron chi connectivity index (χ0n) is 6.18. The number of hydrogen-bond acceptors (Lipinski definition) is 1. The molecule has 0 aromatic carbocycles. The first-order valence-electron chi connectivity index (χ1n) is 3.24. The number of rotatable bonds is 1. The van der Waals surface area contributed by atoms with Gasteiger partial charge in [0.1, 0.15) is 0 Å². The summed E-state index contributed by atoms with van der Waals surface area (Å²) in [6, 6.07) is 0. The maximum atomic E-state index is 4.15. The lowest BCUT2D eigenvalue weighted by Gasteiger charge is -1.97. The fraction of sp³-hybridized carbons (Fsp3) is 0.571. The van der Waals surface area contributed by atoms with E-state index in [0.29, 0.717) is 0 Å². The number of hydrogen-bond donors (Lipinski definition) is 0. The molecule has 0 aliphatic rings. The van der Waals surface area contributed by atoms with Gasteiger partial charge in [-0.1, -0.05) is 0 Å². The molecule has 0 bridgehead atoms. The Bertz CT molecular complexity index is 201. The summed E-state index contributed by atoms with van der Waals surface area (Å²) in [4.78, 5) is 4.15. The highest BCUT2D eigenvalue weighted by molar-refractivity contribution is 5.07. The summed E-state index contributed by atoms with van der Waals surface area (Å²) >= 11 is 0. The topological polar surface area (TPSA) is 17.8 Å². The Balaban J connectivity index is 3.04. The van der Waals surface area contributed by atoms with Gasteiger partial charge in [0.15, 0.2) is 0 Å². The molecule has 0 aliphatic heterocycles. The van der Waals surface area contributed by atoms with Crippen LogP contribution in [0.5, 0.6) is 0 Å². The van der Waals surface area contributed by atoms with Crippen LogP contribution in [0.3, 0.4) is 0 Å². The minimum absolute atomic E-state index is 1.02. The van der Waals surface area contributed by atoms with Crippen molar-refractivity contribution in [1.29, 1.82) is 0 Å². The molecule has 2 nitrogen and oxygen atoms in total. The van der Waals surface area contributed by atoms with Gasteiger partial charge in [0, 0.05) is 12.2 Å². The molecule has 1 rings (SSSR count). The average Bonchev–Trinajstić information content (AvgIpc) is 2.15. The minimum atomic E-state index is 1.02. The Morgan fingerprint density at radius 3 is 2.44 bits per heavy atom. The zero-order chi connectivity index (χ0) is 6.85. The molecule has 0 atom stereocenters. The van der Waals surface area contributed by atoms with Crippen molar-refractivity contribution in [1.82, 2.24) is 9.55 Å². The van der Waals surface area contributed by atoms with Crippen molar-refractivity contribution in [2.24, 2.45) is 0 Å². The summed E-state index contributed by atoms with van der Waals surface area (Å²) in [6.45, 7) is 7.26. The lowest BCUT2D eigenvalue weighted by atomic mass is 10.4. The van der Waals surface area contributed by atoms with E-state index in [4.69, 9.17) is 0 Å². The lowest BCUT2D eigenvalue weighted by molar-refractivity contribution is 0.736. The maximum Gasteiger partial charge on any atom is 0.0951 e.